The van der Waals surface area contributed by atoms with Crippen LogP contribution in [-0.4, -0.2) is 25.6 Å². The normalized spacial score (nSPS) is 9.59. The third-order valence-corrected chi connectivity index (χ3v) is 2.01. The fourth-order valence-electron chi connectivity index (χ4n) is 1.36. The Kier molecular flexibility index (Phi) is 4.51. The fourth-order valence-corrected chi connectivity index (χ4v) is 1.36. The monoisotopic (exact) mass is 237 g/mol. The van der Waals surface area contributed by atoms with Gasteiger partial charge < -0.3 is 14.8 Å². The van der Waals surface area contributed by atoms with E-state index in [1.807, 2.05) is 6.92 Å². The molecule has 0 saturated carbocycles. The van der Waals surface area contributed by atoms with Crippen molar-refractivity contribution in [1.29, 1.82) is 0 Å². The Labute approximate surface area is 99.7 Å². The highest BCUT2D eigenvalue weighted by Crippen LogP contribution is 2.23. The Bertz CT molecular complexity index is 429. The van der Waals surface area contributed by atoms with Crippen LogP contribution in [-0.2, 0) is 9.53 Å². The molecular formula is C12H15NO4. The third kappa shape index (κ3) is 3.48. The fraction of sp³-hybridized carbons (Fsp3) is 0.333. The van der Waals surface area contributed by atoms with Crippen LogP contribution < -0.4 is 10.1 Å². The van der Waals surface area contributed by atoms with Crippen LogP contribution in [0.4, 0.5) is 5.69 Å². The summed E-state index contributed by atoms with van der Waals surface area (Å²) >= 11 is 0. The average Bonchev–Trinajstić information content (AvgIpc) is 2.29. The molecule has 0 aliphatic heterocycles. The number of nitrogens with one attached hydrogen (secondary N) is 1. The molecule has 17 heavy (non-hydrogen) atoms. The standard InChI is InChI=1S/C12H15NO4/c1-4-17-11-6-5-9(13-8(2)14)7-10(11)12(15)16-3/h5-7H,4H2,1-3H3,(H,13,14). The minimum absolute atomic E-state index is 0.204. The summed E-state index contributed by atoms with van der Waals surface area (Å²) in [5, 5.41) is 2.59. The van der Waals surface area contributed by atoms with Gasteiger partial charge in [-0.25, -0.2) is 4.79 Å². The molecule has 92 valence electrons. The van der Waals surface area contributed by atoms with E-state index in [4.69, 9.17) is 4.74 Å². The molecule has 0 radical (unpaired) electrons. The number of hydrogen-bond acceptors (Lipinski definition) is 4. The van der Waals surface area contributed by atoms with Gasteiger partial charge in [0.15, 0.2) is 0 Å². The number of carbonyl (C=O) groups is 2. The van der Waals surface area contributed by atoms with Crippen molar-refractivity contribution in [2.24, 2.45) is 0 Å². The van der Waals surface area contributed by atoms with E-state index in [9.17, 15) is 9.59 Å². The zero-order valence-electron chi connectivity index (χ0n) is 10.1. The smallest absolute Gasteiger partial charge is 0.341 e. The van der Waals surface area contributed by atoms with Gasteiger partial charge in [0.1, 0.15) is 11.3 Å². The number of benzene rings is 1. The zero-order chi connectivity index (χ0) is 12.8. The largest absolute Gasteiger partial charge is 0.493 e. The number of anilines is 1. The van der Waals surface area contributed by atoms with Crippen LogP contribution >= 0.6 is 0 Å². The van der Waals surface area contributed by atoms with Crippen LogP contribution in [0.3, 0.4) is 0 Å². The Morgan fingerprint density at radius 2 is 2.06 bits per heavy atom. The molecule has 1 rings (SSSR count). The molecule has 1 aromatic rings. The SMILES string of the molecule is CCOc1ccc(NC(C)=O)cc1C(=O)OC. The molecule has 0 unspecified atom stereocenters. The molecule has 5 nitrogen and oxygen atoms in total. The van der Waals surface area contributed by atoms with Gasteiger partial charge in [-0.1, -0.05) is 0 Å². The first-order chi connectivity index (χ1) is 8.08. The van der Waals surface area contributed by atoms with Gasteiger partial charge in [0.05, 0.1) is 13.7 Å². The van der Waals surface area contributed by atoms with Gasteiger partial charge in [-0.05, 0) is 25.1 Å². The highest BCUT2D eigenvalue weighted by Gasteiger charge is 2.14. The van der Waals surface area contributed by atoms with E-state index in [0.29, 0.717) is 23.6 Å². The number of esters is 1. The molecule has 1 N–H and O–H groups in total. The Morgan fingerprint density at radius 1 is 1.35 bits per heavy atom. The van der Waals surface area contributed by atoms with Crippen molar-refractivity contribution in [1.82, 2.24) is 0 Å². The number of amides is 1. The summed E-state index contributed by atoms with van der Waals surface area (Å²) in [7, 11) is 1.29. The Hall–Kier alpha value is -2.04. The van der Waals surface area contributed by atoms with Crippen molar-refractivity contribution in [2.45, 2.75) is 13.8 Å². The van der Waals surface area contributed by atoms with Crippen molar-refractivity contribution in [2.75, 3.05) is 19.0 Å². The zero-order valence-corrected chi connectivity index (χ0v) is 10.1. The number of rotatable bonds is 4. The van der Waals surface area contributed by atoms with Gasteiger partial charge in [0.25, 0.3) is 0 Å². The Balaban J connectivity index is 3.09. The number of methoxy groups -OCH3 is 1. The molecule has 1 amide bonds. The highest BCUT2D eigenvalue weighted by molar-refractivity contribution is 5.96. The lowest BCUT2D eigenvalue weighted by Crippen LogP contribution is -2.09. The highest BCUT2D eigenvalue weighted by atomic mass is 16.5. The number of ether oxygens (including phenoxy) is 2. The molecule has 0 saturated heterocycles. The molecule has 0 bridgehead atoms. The summed E-state index contributed by atoms with van der Waals surface area (Å²) in [5.41, 5.74) is 0.821. The predicted molar refractivity (Wildman–Crippen MR) is 63.3 cm³/mol. The molecule has 1 aromatic carbocycles. The first kappa shape index (κ1) is 13.0. The predicted octanol–water partition coefficient (Wildman–Crippen LogP) is 1.83. The van der Waals surface area contributed by atoms with E-state index < -0.39 is 5.97 Å². The van der Waals surface area contributed by atoms with Gasteiger partial charge >= 0.3 is 5.97 Å². The second kappa shape index (κ2) is 5.89. The summed E-state index contributed by atoms with van der Waals surface area (Å²) in [5.74, 6) is -0.265. The van der Waals surface area contributed by atoms with Crippen LogP contribution in [0.15, 0.2) is 18.2 Å². The number of hydrogen-bond donors (Lipinski definition) is 1. The second-order valence-corrected chi connectivity index (χ2v) is 3.32. The van der Waals surface area contributed by atoms with Crippen LogP contribution in [0.25, 0.3) is 0 Å². The van der Waals surface area contributed by atoms with Crippen LogP contribution in [0.1, 0.15) is 24.2 Å². The van der Waals surface area contributed by atoms with E-state index in [1.54, 1.807) is 12.1 Å². The van der Waals surface area contributed by atoms with Gasteiger partial charge in [0, 0.05) is 12.6 Å². The minimum atomic E-state index is -0.499. The molecule has 0 aromatic heterocycles. The molecule has 0 spiro atoms. The average molecular weight is 237 g/mol. The van der Waals surface area contributed by atoms with Gasteiger partial charge in [-0.3, -0.25) is 4.79 Å². The topological polar surface area (TPSA) is 64.6 Å². The minimum Gasteiger partial charge on any atom is -0.493 e. The summed E-state index contributed by atoms with van der Waals surface area (Å²) in [4.78, 5) is 22.4. The van der Waals surface area contributed by atoms with Crippen LogP contribution in [0.2, 0.25) is 0 Å². The maximum absolute atomic E-state index is 11.5. The van der Waals surface area contributed by atoms with E-state index >= 15 is 0 Å². The molecule has 0 aliphatic carbocycles. The van der Waals surface area contributed by atoms with Crippen molar-refractivity contribution in [3.8, 4) is 5.75 Å². The maximum Gasteiger partial charge on any atom is 0.341 e. The molecular weight excluding hydrogens is 222 g/mol. The molecule has 0 atom stereocenters. The first-order valence-corrected chi connectivity index (χ1v) is 5.21. The summed E-state index contributed by atoms with van der Waals surface area (Å²) < 4.78 is 9.96. The Morgan fingerprint density at radius 3 is 2.59 bits per heavy atom. The third-order valence-electron chi connectivity index (χ3n) is 2.01. The lowest BCUT2D eigenvalue weighted by Gasteiger charge is -2.10. The lowest BCUT2D eigenvalue weighted by molar-refractivity contribution is -0.114. The van der Waals surface area contributed by atoms with Gasteiger partial charge in [-0.15, -0.1) is 0 Å². The lowest BCUT2D eigenvalue weighted by atomic mass is 10.1. The van der Waals surface area contributed by atoms with Gasteiger partial charge in [0.2, 0.25) is 5.91 Å². The maximum atomic E-state index is 11.5. The first-order valence-electron chi connectivity index (χ1n) is 5.21. The summed E-state index contributed by atoms with van der Waals surface area (Å²) in [6, 6.07) is 4.82. The van der Waals surface area contributed by atoms with Crippen molar-refractivity contribution in [3.05, 3.63) is 23.8 Å². The van der Waals surface area contributed by atoms with Gasteiger partial charge in [-0.2, -0.15) is 0 Å². The van der Waals surface area contributed by atoms with E-state index in [2.05, 4.69) is 10.1 Å². The number of carbonyl (C=O) groups excluding carboxylic acids is 2. The molecule has 0 fully saturated rings. The van der Waals surface area contributed by atoms with E-state index in [-0.39, 0.29) is 5.91 Å². The molecule has 0 aliphatic rings. The quantitative estimate of drug-likeness (QED) is 0.811. The van der Waals surface area contributed by atoms with Crippen molar-refractivity contribution in [3.63, 3.8) is 0 Å². The van der Waals surface area contributed by atoms with E-state index in [1.165, 1.54) is 20.1 Å². The molecule has 5 heteroatoms. The molecule has 0 heterocycles. The van der Waals surface area contributed by atoms with Crippen molar-refractivity contribution >= 4 is 17.6 Å². The second-order valence-electron chi connectivity index (χ2n) is 3.32. The van der Waals surface area contributed by atoms with Crippen LogP contribution in [0, 0.1) is 0 Å². The van der Waals surface area contributed by atoms with E-state index in [0.717, 1.165) is 0 Å². The summed E-state index contributed by atoms with van der Waals surface area (Å²) in [6.07, 6.45) is 0. The van der Waals surface area contributed by atoms with Crippen molar-refractivity contribution < 1.29 is 19.1 Å². The summed E-state index contributed by atoms with van der Waals surface area (Å²) in [6.45, 7) is 3.67. The van der Waals surface area contributed by atoms with Crippen LogP contribution in [0.5, 0.6) is 5.75 Å².